The summed E-state index contributed by atoms with van der Waals surface area (Å²) < 4.78 is 48.5. The molecule has 0 saturated heterocycles. The number of allylic oxidation sites excluding steroid dienone is 1. The minimum atomic E-state index is 0.750. The molecule has 1 heterocycles. The van der Waals surface area contributed by atoms with Crippen molar-refractivity contribution < 1.29 is 48.6 Å². The van der Waals surface area contributed by atoms with E-state index in [4.69, 9.17) is 32.7 Å². The Bertz CT molecular complexity index is 301. The second-order valence-electron chi connectivity index (χ2n) is 2.05. The van der Waals surface area contributed by atoms with Gasteiger partial charge in [-0.15, -0.1) is 0 Å². The van der Waals surface area contributed by atoms with E-state index in [1.54, 1.807) is 7.11 Å². The zero-order chi connectivity index (χ0) is 17.4. The van der Waals surface area contributed by atoms with Crippen molar-refractivity contribution in [1.29, 1.82) is 0 Å². The molecule has 0 bridgehead atoms. The van der Waals surface area contributed by atoms with Crippen LogP contribution in [0.4, 0.5) is 0 Å². The van der Waals surface area contributed by atoms with Gasteiger partial charge in [-0.2, -0.15) is 0 Å². The molecule has 0 aromatic rings. The van der Waals surface area contributed by atoms with Crippen LogP contribution in [0, 0.1) is 33.3 Å². The number of ether oxygens (including phenoxy) is 2. The third kappa shape index (κ3) is 25.4. The van der Waals surface area contributed by atoms with Gasteiger partial charge in [0.2, 0.25) is 0 Å². The van der Waals surface area contributed by atoms with Crippen molar-refractivity contribution in [2.24, 2.45) is 0 Å². The van der Waals surface area contributed by atoms with E-state index in [1.165, 1.54) is 0 Å². The van der Waals surface area contributed by atoms with Gasteiger partial charge in [0.25, 0.3) is 0 Å². The molecule has 0 spiro atoms. The Labute approximate surface area is 125 Å². The fraction of sp³-hybridized carbons (Fsp3) is 0.333. The van der Waals surface area contributed by atoms with Gasteiger partial charge in [-0.25, -0.2) is 0 Å². The predicted molar refractivity (Wildman–Crippen MR) is 54.9 cm³/mol. The molecule has 0 amide bonds. The van der Waals surface area contributed by atoms with Crippen LogP contribution in [0.15, 0.2) is 11.8 Å². The fourth-order valence-corrected chi connectivity index (χ4v) is 1.02. The molecule has 0 atom stereocenters. The summed E-state index contributed by atoms with van der Waals surface area (Å²) >= 11 is 2.80. The van der Waals surface area contributed by atoms with Crippen LogP contribution in [0.1, 0.15) is 12.8 Å². The molecule has 106 valence electrons. The second kappa shape index (κ2) is 43.2. The molecular weight excluding hydrogens is 308 g/mol. The van der Waals surface area contributed by atoms with Crippen molar-refractivity contribution in [3.63, 3.8) is 0 Å². The van der Waals surface area contributed by atoms with Crippen LogP contribution in [0.25, 0.3) is 0 Å². The van der Waals surface area contributed by atoms with Crippen LogP contribution in [0.5, 0.6) is 0 Å². The van der Waals surface area contributed by atoms with E-state index in [9.17, 15) is 0 Å². The zero-order valence-corrected chi connectivity index (χ0v) is 11.7. The number of hydrogen-bond acceptors (Lipinski definition) is 2. The van der Waals surface area contributed by atoms with Crippen LogP contribution in [0.2, 0.25) is 0 Å². The molecule has 0 aromatic carbocycles. The van der Waals surface area contributed by atoms with Crippen molar-refractivity contribution in [2.45, 2.75) is 12.8 Å². The van der Waals surface area contributed by atoms with E-state index >= 15 is 0 Å². The van der Waals surface area contributed by atoms with Crippen LogP contribution in [0.3, 0.4) is 0 Å². The quantitative estimate of drug-likeness (QED) is 0.553. The molecular formula is C12H10CrO7. The van der Waals surface area contributed by atoms with E-state index in [0.29, 0.717) is 0 Å². The van der Waals surface area contributed by atoms with Crippen molar-refractivity contribution >= 4 is 4.57 Å². The summed E-state index contributed by atoms with van der Waals surface area (Å²) in [4.78, 5) is 0. The Balaban J connectivity index is -0.0000000639. The van der Waals surface area contributed by atoms with Gasteiger partial charge in [0.05, 0.1) is 0 Å². The molecule has 0 N–H and O–H groups in total. The summed E-state index contributed by atoms with van der Waals surface area (Å²) in [7, 11) is 1.63. The normalized spacial score (nSPS) is 9.25. The topological polar surface area (TPSA) is 118 Å². The van der Waals surface area contributed by atoms with E-state index in [-0.39, 0.29) is 0 Å². The van der Waals surface area contributed by atoms with Crippen molar-refractivity contribution in [1.82, 2.24) is 0 Å². The first-order valence-corrected chi connectivity index (χ1v) is 4.91. The third-order valence-corrected chi connectivity index (χ3v) is 1.90. The summed E-state index contributed by atoms with van der Waals surface area (Å²) in [5.74, 6) is 0.855. The Hall–Kier alpha value is -1.40. The molecule has 0 unspecified atom stereocenters. The van der Waals surface area contributed by atoms with Crippen molar-refractivity contribution in [3.8, 4) is 0 Å². The standard InChI is InChI=1S/C7H10O2.5CO.Cr/c1-8-6-7-4-2-3-5-9-7;5*1-2;/h4H,2-3,5H2,1H3;;;;;;. The summed E-state index contributed by atoms with van der Waals surface area (Å²) in [5, 5.41) is 0. The van der Waals surface area contributed by atoms with Gasteiger partial charge >= 0.3 is 125 Å². The molecule has 1 aliphatic heterocycles. The molecule has 20 heavy (non-hydrogen) atoms. The van der Waals surface area contributed by atoms with Gasteiger partial charge in [-0.3, -0.25) is 0 Å². The Kier molecular flexibility index (Phi) is 67.2. The average molecular weight is 318 g/mol. The van der Waals surface area contributed by atoms with E-state index in [1.807, 2.05) is 6.08 Å². The van der Waals surface area contributed by atoms with Crippen LogP contribution < -0.4 is 0 Å². The van der Waals surface area contributed by atoms with Crippen LogP contribution >= 0.6 is 0 Å². The minimum absolute atomic E-state index is 0.750. The molecule has 0 fully saturated rings. The van der Waals surface area contributed by atoms with Crippen molar-refractivity contribution in [3.05, 3.63) is 45.1 Å². The van der Waals surface area contributed by atoms with Gasteiger partial charge in [0, 0.05) is 0 Å². The first kappa shape index (κ1) is 31.2. The number of rotatable bonds is 2. The van der Waals surface area contributed by atoms with Crippen LogP contribution in [-0.2, 0) is 48.6 Å². The number of methoxy groups -OCH3 is 1. The molecule has 1 aliphatic rings. The summed E-state index contributed by atoms with van der Waals surface area (Å²) in [5.41, 5.74) is 0. The SMILES string of the molecule is CO[C](=[Cr])C1=CCCCO1.[C-]#[O+].[C-]#[O+].[C-]#[O+].[C-]#[O+].[C-]#[O+]. The first-order chi connectivity index (χ1) is 9.84. The molecule has 8 heteroatoms. The molecule has 0 aliphatic carbocycles. The zero-order valence-electron chi connectivity index (χ0n) is 10.5. The van der Waals surface area contributed by atoms with Gasteiger partial charge in [-0.1, -0.05) is 0 Å². The van der Waals surface area contributed by atoms with Gasteiger partial charge < -0.3 is 0 Å². The summed E-state index contributed by atoms with van der Waals surface area (Å²) in [6.07, 6.45) is 4.24. The maximum atomic E-state index is 7.50. The van der Waals surface area contributed by atoms with E-state index in [2.05, 4.69) is 49.1 Å². The molecule has 0 saturated carbocycles. The van der Waals surface area contributed by atoms with E-state index < -0.39 is 0 Å². The second-order valence-corrected chi connectivity index (χ2v) is 2.63. The Morgan fingerprint density at radius 1 is 1.05 bits per heavy atom. The number of hydrogen-bond donors (Lipinski definition) is 0. The third-order valence-electron chi connectivity index (χ3n) is 1.32. The van der Waals surface area contributed by atoms with E-state index in [0.717, 1.165) is 29.8 Å². The summed E-state index contributed by atoms with van der Waals surface area (Å²) in [6, 6.07) is 0. The average Bonchev–Trinajstić information content (AvgIpc) is 2.63. The van der Waals surface area contributed by atoms with Gasteiger partial charge in [0.1, 0.15) is 0 Å². The predicted octanol–water partition coefficient (Wildman–Crippen LogP) is 0.816. The molecule has 7 nitrogen and oxygen atoms in total. The maximum absolute atomic E-state index is 7.50. The molecule has 1 rings (SSSR count). The monoisotopic (exact) mass is 318 g/mol. The van der Waals surface area contributed by atoms with Crippen molar-refractivity contribution in [2.75, 3.05) is 13.7 Å². The first-order valence-electron chi connectivity index (χ1n) is 4.28. The Morgan fingerprint density at radius 2 is 1.45 bits per heavy atom. The van der Waals surface area contributed by atoms with Gasteiger partial charge in [0.15, 0.2) is 0 Å². The van der Waals surface area contributed by atoms with Crippen LogP contribution in [-0.4, -0.2) is 18.3 Å². The van der Waals surface area contributed by atoms with Gasteiger partial charge in [-0.05, 0) is 0 Å². The molecule has 0 aromatic heterocycles. The summed E-state index contributed by atoms with van der Waals surface area (Å²) in [6.45, 7) is 23.3. The Morgan fingerprint density at radius 3 is 1.70 bits per heavy atom. The molecule has 0 radical (unpaired) electrons. The fourth-order valence-electron chi connectivity index (χ4n) is 0.800.